The van der Waals surface area contributed by atoms with Crippen molar-refractivity contribution in [1.29, 1.82) is 0 Å². The lowest BCUT2D eigenvalue weighted by Crippen LogP contribution is -1.94. The second-order valence-corrected chi connectivity index (χ2v) is 9.64. The zero-order valence-corrected chi connectivity index (χ0v) is 20.0. The summed E-state index contributed by atoms with van der Waals surface area (Å²) in [5.41, 5.74) is 6.10. The number of hydrogen-bond donors (Lipinski definition) is 0. The van der Waals surface area contributed by atoms with Crippen molar-refractivity contribution in [1.82, 2.24) is 4.57 Å². The van der Waals surface area contributed by atoms with Crippen LogP contribution in [0.25, 0.3) is 60.2 Å². The molecule has 1 nitrogen and oxygen atoms in total. The molecular weight excluding hydrogens is 478 g/mol. The molecule has 0 unspecified atom stereocenters. The molecule has 7 aromatic rings. The minimum atomic E-state index is 1.09. The lowest BCUT2D eigenvalue weighted by atomic mass is 9.96. The van der Waals surface area contributed by atoms with Crippen LogP contribution in [-0.4, -0.2) is 4.57 Å². The Kier molecular flexibility index (Phi) is 4.36. The fraction of sp³-hybridized carbons (Fsp3) is 0. The molecule has 1 aromatic heterocycles. The van der Waals surface area contributed by atoms with Gasteiger partial charge in [0.05, 0.1) is 11.0 Å². The quantitative estimate of drug-likeness (QED) is 0.209. The Labute approximate surface area is 206 Å². The molecule has 7 rings (SSSR count). The summed E-state index contributed by atoms with van der Waals surface area (Å²) in [6.07, 6.45) is 0. The van der Waals surface area contributed by atoms with Gasteiger partial charge in [-0.25, -0.2) is 0 Å². The zero-order valence-electron chi connectivity index (χ0n) is 18.4. The van der Waals surface area contributed by atoms with Gasteiger partial charge >= 0.3 is 0 Å². The van der Waals surface area contributed by atoms with Crippen LogP contribution in [0, 0.1) is 0 Å². The highest BCUT2D eigenvalue weighted by Crippen LogP contribution is 2.43. The highest BCUT2D eigenvalue weighted by molar-refractivity contribution is 9.10. The fourth-order valence-corrected chi connectivity index (χ4v) is 5.77. The standard InChI is InChI=1S/C32H20BrN/c33-23-10-8-9-21(19-23)22-17-18-30-29(20-22)31-27-15-6-4-13-25(27)26-14-5-7-16-28(26)32(31)34(30)24-11-2-1-3-12-24/h1-20H. The van der Waals surface area contributed by atoms with Crippen molar-refractivity contribution < 1.29 is 0 Å². The first-order valence-electron chi connectivity index (χ1n) is 11.5. The van der Waals surface area contributed by atoms with Crippen LogP contribution in [0.5, 0.6) is 0 Å². The van der Waals surface area contributed by atoms with E-state index >= 15 is 0 Å². The third kappa shape index (κ3) is 2.85. The maximum atomic E-state index is 3.64. The predicted molar refractivity (Wildman–Crippen MR) is 149 cm³/mol. The molecule has 0 aliphatic rings. The molecule has 0 N–H and O–H groups in total. The minimum Gasteiger partial charge on any atom is -0.309 e. The van der Waals surface area contributed by atoms with Crippen molar-refractivity contribution in [3.05, 3.63) is 126 Å². The van der Waals surface area contributed by atoms with E-state index in [4.69, 9.17) is 0 Å². The van der Waals surface area contributed by atoms with Gasteiger partial charge in [-0.3, -0.25) is 0 Å². The van der Waals surface area contributed by atoms with Gasteiger partial charge in [0, 0.05) is 26.3 Å². The third-order valence-corrected chi connectivity index (χ3v) is 7.30. The summed E-state index contributed by atoms with van der Waals surface area (Å²) in [6.45, 7) is 0. The summed E-state index contributed by atoms with van der Waals surface area (Å²) in [5.74, 6) is 0. The molecule has 2 heteroatoms. The van der Waals surface area contributed by atoms with Crippen LogP contribution in [0.4, 0.5) is 0 Å². The van der Waals surface area contributed by atoms with Crippen molar-refractivity contribution >= 4 is 59.3 Å². The highest BCUT2D eigenvalue weighted by atomic mass is 79.9. The monoisotopic (exact) mass is 497 g/mol. The molecule has 0 saturated heterocycles. The Morgan fingerprint density at radius 2 is 1.12 bits per heavy atom. The van der Waals surface area contributed by atoms with Crippen LogP contribution in [0.3, 0.4) is 0 Å². The van der Waals surface area contributed by atoms with Crippen LogP contribution < -0.4 is 0 Å². The van der Waals surface area contributed by atoms with E-state index in [1.54, 1.807) is 0 Å². The maximum absolute atomic E-state index is 3.64. The highest BCUT2D eigenvalue weighted by Gasteiger charge is 2.19. The smallest absolute Gasteiger partial charge is 0.0625 e. The van der Waals surface area contributed by atoms with E-state index in [-0.39, 0.29) is 0 Å². The fourth-order valence-electron chi connectivity index (χ4n) is 5.37. The van der Waals surface area contributed by atoms with Crippen LogP contribution in [0.2, 0.25) is 0 Å². The first kappa shape index (κ1) is 19.6. The van der Waals surface area contributed by atoms with Gasteiger partial charge in [0.1, 0.15) is 0 Å². The van der Waals surface area contributed by atoms with Gasteiger partial charge < -0.3 is 4.57 Å². The number of aromatic nitrogens is 1. The van der Waals surface area contributed by atoms with Gasteiger partial charge in [-0.15, -0.1) is 0 Å². The number of hydrogen-bond acceptors (Lipinski definition) is 0. The summed E-state index contributed by atoms with van der Waals surface area (Å²) in [4.78, 5) is 0. The Bertz CT molecular complexity index is 1860. The number of rotatable bonds is 2. The number of nitrogens with zero attached hydrogens (tertiary/aromatic N) is 1. The molecule has 0 aliphatic heterocycles. The van der Waals surface area contributed by atoms with E-state index in [2.05, 4.69) is 142 Å². The molecule has 0 aliphatic carbocycles. The van der Waals surface area contributed by atoms with Gasteiger partial charge in [-0.05, 0) is 63.7 Å². The second-order valence-electron chi connectivity index (χ2n) is 8.73. The van der Waals surface area contributed by atoms with Gasteiger partial charge in [0.2, 0.25) is 0 Å². The van der Waals surface area contributed by atoms with Crippen molar-refractivity contribution in [3.8, 4) is 16.8 Å². The molecule has 1 heterocycles. The number of benzene rings is 6. The summed E-state index contributed by atoms with van der Waals surface area (Å²) in [7, 11) is 0. The molecule has 0 bridgehead atoms. The molecule has 160 valence electrons. The average molecular weight is 498 g/mol. The second kappa shape index (κ2) is 7.58. The van der Waals surface area contributed by atoms with Gasteiger partial charge in [0.15, 0.2) is 0 Å². The SMILES string of the molecule is Brc1cccc(-c2ccc3c(c2)c2c4ccccc4c4ccccc4c2n3-c2ccccc2)c1. The Morgan fingerprint density at radius 1 is 0.471 bits per heavy atom. The molecule has 0 radical (unpaired) electrons. The van der Waals surface area contributed by atoms with E-state index in [1.807, 2.05) is 0 Å². The lowest BCUT2D eigenvalue weighted by molar-refractivity contribution is 1.19. The third-order valence-electron chi connectivity index (χ3n) is 6.81. The van der Waals surface area contributed by atoms with Crippen molar-refractivity contribution in [2.75, 3.05) is 0 Å². The topological polar surface area (TPSA) is 4.93 Å². The van der Waals surface area contributed by atoms with E-state index in [0.29, 0.717) is 0 Å². The van der Waals surface area contributed by atoms with E-state index < -0.39 is 0 Å². The summed E-state index contributed by atoms with van der Waals surface area (Å²) >= 11 is 3.64. The number of para-hydroxylation sites is 1. The maximum Gasteiger partial charge on any atom is 0.0625 e. The largest absolute Gasteiger partial charge is 0.309 e. The van der Waals surface area contributed by atoms with Crippen LogP contribution in [0.15, 0.2) is 126 Å². The Morgan fingerprint density at radius 3 is 1.88 bits per heavy atom. The van der Waals surface area contributed by atoms with Crippen LogP contribution in [-0.2, 0) is 0 Å². The first-order chi connectivity index (χ1) is 16.8. The molecule has 0 spiro atoms. The Balaban J connectivity index is 1.74. The summed E-state index contributed by atoms with van der Waals surface area (Å²) in [6, 6.07) is 43.7. The van der Waals surface area contributed by atoms with Crippen molar-refractivity contribution in [2.24, 2.45) is 0 Å². The first-order valence-corrected chi connectivity index (χ1v) is 12.3. The molecule has 6 aromatic carbocycles. The normalized spacial score (nSPS) is 11.7. The Hall–Kier alpha value is -3.88. The van der Waals surface area contributed by atoms with Crippen LogP contribution in [0.1, 0.15) is 0 Å². The molecule has 34 heavy (non-hydrogen) atoms. The van der Waals surface area contributed by atoms with E-state index in [1.165, 1.54) is 60.2 Å². The van der Waals surface area contributed by atoms with Gasteiger partial charge in [-0.2, -0.15) is 0 Å². The molecular formula is C32H20BrN. The lowest BCUT2D eigenvalue weighted by Gasteiger charge is -2.12. The van der Waals surface area contributed by atoms with E-state index in [0.717, 1.165) is 4.47 Å². The summed E-state index contributed by atoms with van der Waals surface area (Å²) in [5, 5.41) is 7.74. The number of fused-ring (bicyclic) bond motifs is 8. The predicted octanol–water partition coefficient (Wildman–Crippen LogP) is 9.52. The summed E-state index contributed by atoms with van der Waals surface area (Å²) < 4.78 is 3.53. The average Bonchev–Trinajstić information content (AvgIpc) is 3.24. The minimum absolute atomic E-state index is 1.09. The van der Waals surface area contributed by atoms with Gasteiger partial charge in [0.25, 0.3) is 0 Å². The number of halogens is 1. The van der Waals surface area contributed by atoms with Crippen molar-refractivity contribution in [2.45, 2.75) is 0 Å². The molecule has 0 atom stereocenters. The molecule has 0 saturated carbocycles. The molecule has 0 fully saturated rings. The van der Waals surface area contributed by atoms with Gasteiger partial charge in [-0.1, -0.05) is 101 Å². The van der Waals surface area contributed by atoms with E-state index in [9.17, 15) is 0 Å². The van der Waals surface area contributed by atoms with Crippen molar-refractivity contribution in [3.63, 3.8) is 0 Å². The molecule has 0 amide bonds. The zero-order chi connectivity index (χ0) is 22.6. The van der Waals surface area contributed by atoms with Crippen LogP contribution >= 0.6 is 15.9 Å².